The van der Waals surface area contributed by atoms with E-state index >= 15 is 0 Å². The molecule has 5 heteroatoms. The van der Waals surface area contributed by atoms with E-state index in [-0.39, 0.29) is 5.82 Å². The summed E-state index contributed by atoms with van der Waals surface area (Å²) in [5.41, 5.74) is 0.894. The van der Waals surface area contributed by atoms with E-state index in [2.05, 4.69) is 4.98 Å². The SMILES string of the molecule is C[S+]([O-])c1ncc(-c2ccc(F)cc2)s1. The molecule has 0 amide bonds. The highest BCUT2D eigenvalue weighted by molar-refractivity contribution is 7.92. The lowest BCUT2D eigenvalue weighted by molar-refractivity contribution is 0.600. The third kappa shape index (κ3) is 2.37. The second-order valence-corrected chi connectivity index (χ2v) is 5.54. The zero-order valence-electron chi connectivity index (χ0n) is 7.94. The molecular formula is C10H8FNOS2. The molecule has 0 N–H and O–H groups in total. The first-order chi connectivity index (χ1) is 7.16. The van der Waals surface area contributed by atoms with E-state index in [9.17, 15) is 8.94 Å². The Morgan fingerprint density at radius 2 is 2.00 bits per heavy atom. The van der Waals surface area contributed by atoms with Crippen LogP contribution in [0.1, 0.15) is 0 Å². The summed E-state index contributed by atoms with van der Waals surface area (Å²) in [6, 6.07) is 6.17. The number of thiazole rings is 1. The van der Waals surface area contributed by atoms with Gasteiger partial charge >= 0.3 is 4.34 Å². The van der Waals surface area contributed by atoms with Gasteiger partial charge in [-0.2, -0.15) is 4.98 Å². The molecular weight excluding hydrogens is 233 g/mol. The maximum absolute atomic E-state index is 12.7. The smallest absolute Gasteiger partial charge is 0.301 e. The van der Waals surface area contributed by atoms with Gasteiger partial charge in [0.25, 0.3) is 0 Å². The molecule has 0 saturated heterocycles. The number of halogens is 1. The third-order valence-corrected chi connectivity index (χ3v) is 4.25. The second kappa shape index (κ2) is 4.30. The van der Waals surface area contributed by atoms with Crippen LogP contribution in [-0.2, 0) is 11.2 Å². The molecule has 78 valence electrons. The Bertz CT molecular complexity index is 453. The first-order valence-electron chi connectivity index (χ1n) is 4.22. The molecule has 1 unspecified atom stereocenters. The second-order valence-electron chi connectivity index (χ2n) is 2.95. The van der Waals surface area contributed by atoms with Crippen LogP contribution in [-0.4, -0.2) is 15.8 Å². The lowest BCUT2D eigenvalue weighted by atomic mass is 10.2. The number of hydrogen-bond acceptors (Lipinski definition) is 3. The molecule has 0 aliphatic carbocycles. The van der Waals surface area contributed by atoms with E-state index < -0.39 is 11.2 Å². The Morgan fingerprint density at radius 1 is 1.33 bits per heavy atom. The minimum absolute atomic E-state index is 0.262. The largest absolute Gasteiger partial charge is 0.610 e. The predicted octanol–water partition coefficient (Wildman–Crippen LogP) is 2.69. The normalized spacial score (nSPS) is 12.7. The van der Waals surface area contributed by atoms with Gasteiger partial charge in [-0.15, -0.1) is 0 Å². The summed E-state index contributed by atoms with van der Waals surface area (Å²) >= 11 is 0.313. The molecule has 0 saturated carbocycles. The van der Waals surface area contributed by atoms with Crippen LogP contribution in [0, 0.1) is 5.82 Å². The fraction of sp³-hybridized carbons (Fsp3) is 0.100. The van der Waals surface area contributed by atoms with Crippen LogP contribution in [0.3, 0.4) is 0 Å². The van der Waals surface area contributed by atoms with Crippen molar-refractivity contribution in [2.45, 2.75) is 4.34 Å². The number of aromatic nitrogens is 1. The molecule has 0 spiro atoms. The molecule has 1 aromatic carbocycles. The van der Waals surface area contributed by atoms with Crippen molar-refractivity contribution < 1.29 is 8.94 Å². The van der Waals surface area contributed by atoms with Gasteiger partial charge in [-0.1, -0.05) is 23.5 Å². The van der Waals surface area contributed by atoms with Crippen molar-refractivity contribution in [2.75, 3.05) is 6.26 Å². The Balaban J connectivity index is 2.33. The van der Waals surface area contributed by atoms with E-state index in [1.54, 1.807) is 24.6 Å². The summed E-state index contributed by atoms with van der Waals surface area (Å²) in [6.07, 6.45) is 3.25. The van der Waals surface area contributed by atoms with Gasteiger partial charge in [0.2, 0.25) is 0 Å². The number of rotatable bonds is 2. The molecule has 15 heavy (non-hydrogen) atoms. The van der Waals surface area contributed by atoms with E-state index in [1.807, 2.05) is 0 Å². The molecule has 1 atom stereocenters. The fourth-order valence-corrected chi connectivity index (χ4v) is 2.73. The lowest BCUT2D eigenvalue weighted by Crippen LogP contribution is -1.94. The van der Waals surface area contributed by atoms with Crippen LogP contribution < -0.4 is 0 Å². The summed E-state index contributed by atoms with van der Waals surface area (Å²) in [4.78, 5) is 4.94. The fourth-order valence-electron chi connectivity index (χ4n) is 1.14. The Kier molecular flexibility index (Phi) is 3.04. The minimum atomic E-state index is -1.05. The monoisotopic (exact) mass is 241 g/mol. The van der Waals surface area contributed by atoms with E-state index in [4.69, 9.17) is 0 Å². The Labute approximate surface area is 94.0 Å². The molecule has 2 aromatic rings. The summed E-state index contributed by atoms with van der Waals surface area (Å²) in [5.74, 6) is -0.262. The summed E-state index contributed by atoms with van der Waals surface area (Å²) < 4.78 is 24.4. The van der Waals surface area contributed by atoms with Crippen molar-refractivity contribution >= 4 is 22.5 Å². The van der Waals surface area contributed by atoms with Gasteiger partial charge in [0.15, 0.2) is 0 Å². The first-order valence-corrected chi connectivity index (χ1v) is 6.59. The maximum Gasteiger partial charge on any atom is 0.301 e. The average Bonchev–Trinajstić information content (AvgIpc) is 2.68. The van der Waals surface area contributed by atoms with Crippen molar-refractivity contribution in [2.24, 2.45) is 0 Å². The van der Waals surface area contributed by atoms with Gasteiger partial charge in [-0.05, 0) is 17.7 Å². The molecule has 2 rings (SSSR count). The molecule has 1 aromatic heterocycles. The van der Waals surface area contributed by atoms with Crippen LogP contribution in [0.5, 0.6) is 0 Å². The van der Waals surface area contributed by atoms with Gasteiger partial charge in [0.1, 0.15) is 12.1 Å². The molecule has 0 fully saturated rings. The Hall–Kier alpha value is -0.910. The van der Waals surface area contributed by atoms with Crippen LogP contribution in [0.2, 0.25) is 0 Å². The summed E-state index contributed by atoms with van der Waals surface area (Å²) in [5, 5.41) is 0. The first kappa shape index (κ1) is 10.6. The van der Waals surface area contributed by atoms with Crippen LogP contribution in [0.25, 0.3) is 10.4 Å². The third-order valence-electron chi connectivity index (χ3n) is 1.86. The zero-order chi connectivity index (χ0) is 10.8. The highest BCUT2D eigenvalue weighted by Crippen LogP contribution is 2.28. The highest BCUT2D eigenvalue weighted by atomic mass is 32.2. The van der Waals surface area contributed by atoms with Crippen LogP contribution in [0.15, 0.2) is 34.8 Å². The van der Waals surface area contributed by atoms with Crippen molar-refractivity contribution in [3.63, 3.8) is 0 Å². The quantitative estimate of drug-likeness (QED) is 0.758. The van der Waals surface area contributed by atoms with Crippen molar-refractivity contribution in [1.82, 2.24) is 4.98 Å². The topological polar surface area (TPSA) is 36.0 Å². The minimum Gasteiger partial charge on any atom is -0.610 e. The van der Waals surface area contributed by atoms with Crippen molar-refractivity contribution in [3.8, 4) is 10.4 Å². The summed E-state index contributed by atoms with van der Waals surface area (Å²) in [7, 11) is 0. The maximum atomic E-state index is 12.7. The molecule has 0 aliphatic heterocycles. The molecule has 0 bridgehead atoms. The Morgan fingerprint density at radius 3 is 2.53 bits per heavy atom. The van der Waals surface area contributed by atoms with Gasteiger partial charge in [0, 0.05) is 11.2 Å². The van der Waals surface area contributed by atoms with Gasteiger partial charge in [0.05, 0.1) is 11.1 Å². The standard InChI is InChI=1S/C10H8FNOS2/c1-15(13)10-12-6-9(14-10)7-2-4-8(11)5-3-7/h2-6H,1H3. The molecule has 1 heterocycles. The van der Waals surface area contributed by atoms with Gasteiger partial charge in [-0.25, -0.2) is 4.39 Å². The average molecular weight is 241 g/mol. The zero-order valence-corrected chi connectivity index (χ0v) is 9.57. The highest BCUT2D eigenvalue weighted by Gasteiger charge is 2.11. The molecule has 0 aliphatic rings. The lowest BCUT2D eigenvalue weighted by Gasteiger charge is -1.97. The van der Waals surface area contributed by atoms with Gasteiger partial charge < -0.3 is 4.55 Å². The number of nitrogens with zero attached hydrogens (tertiary/aromatic N) is 1. The number of hydrogen-bond donors (Lipinski definition) is 0. The number of benzene rings is 1. The van der Waals surface area contributed by atoms with Crippen LogP contribution in [0.4, 0.5) is 4.39 Å². The summed E-state index contributed by atoms with van der Waals surface area (Å²) in [6.45, 7) is 0. The van der Waals surface area contributed by atoms with Crippen molar-refractivity contribution in [1.29, 1.82) is 0 Å². The van der Waals surface area contributed by atoms with E-state index in [0.29, 0.717) is 4.34 Å². The van der Waals surface area contributed by atoms with Crippen LogP contribution >= 0.6 is 11.3 Å². The molecule has 0 radical (unpaired) electrons. The van der Waals surface area contributed by atoms with Gasteiger partial charge in [-0.3, -0.25) is 0 Å². The van der Waals surface area contributed by atoms with E-state index in [0.717, 1.165) is 10.4 Å². The predicted molar refractivity (Wildman–Crippen MR) is 59.8 cm³/mol. The van der Waals surface area contributed by atoms with E-state index in [1.165, 1.54) is 23.5 Å². The molecule has 2 nitrogen and oxygen atoms in total. The van der Waals surface area contributed by atoms with Crippen molar-refractivity contribution in [3.05, 3.63) is 36.3 Å².